The van der Waals surface area contributed by atoms with Crippen LogP contribution in [0.4, 0.5) is 5.69 Å². The molecular weight excluding hydrogens is 147 g/mol. The van der Waals surface area contributed by atoms with Crippen LogP contribution in [0.15, 0.2) is 35.2 Å². The van der Waals surface area contributed by atoms with Gasteiger partial charge in [-0.2, -0.15) is 0 Å². The van der Waals surface area contributed by atoms with Crippen molar-refractivity contribution in [3.63, 3.8) is 0 Å². The Hall–Kier alpha value is -0.920. The topological polar surface area (TPSA) is 38.4 Å². The molecule has 0 spiro atoms. The van der Waals surface area contributed by atoms with Gasteiger partial charge in [0.25, 0.3) is 0 Å². The zero-order valence-electron chi connectivity index (χ0n) is 5.14. The number of hydrogen-bond acceptors (Lipinski definition) is 3. The summed E-state index contributed by atoms with van der Waals surface area (Å²) in [7, 11) is -1.40. The number of hydrogen-bond donors (Lipinski definition) is 0. The highest BCUT2D eigenvalue weighted by molar-refractivity contribution is 7.47. The number of benzene rings is 1. The lowest BCUT2D eigenvalue weighted by Crippen LogP contribution is -1.93. The van der Waals surface area contributed by atoms with Gasteiger partial charge in [-0.3, -0.25) is 0 Å². The molecule has 1 aliphatic heterocycles. The van der Waals surface area contributed by atoms with Crippen molar-refractivity contribution in [3.8, 4) is 0 Å². The van der Waals surface area contributed by atoms with E-state index < -0.39 is 8.09 Å². The Labute approximate surface area is 59.5 Å². The average molecular weight is 152 g/mol. The van der Waals surface area contributed by atoms with E-state index in [1.807, 2.05) is 30.3 Å². The van der Waals surface area contributed by atoms with Gasteiger partial charge in [-0.1, -0.05) is 18.2 Å². The van der Waals surface area contributed by atoms with E-state index in [4.69, 9.17) is 0 Å². The van der Waals surface area contributed by atoms with Crippen molar-refractivity contribution >= 4 is 13.8 Å². The Morgan fingerprint density at radius 2 is 1.90 bits per heavy atom. The van der Waals surface area contributed by atoms with Crippen LogP contribution in [-0.2, 0) is 0 Å². The third-order valence-corrected chi connectivity index (χ3v) is 2.10. The van der Waals surface area contributed by atoms with Crippen LogP contribution in [0.2, 0.25) is 0 Å². The second-order valence-electron chi connectivity index (χ2n) is 1.97. The van der Waals surface area contributed by atoms with Crippen molar-refractivity contribution in [2.75, 3.05) is 4.78 Å². The SMILES string of the molecule is [O-][P+]1=NN1c1ccccc1. The average Bonchev–Trinajstić information content (AvgIpc) is 2.69. The van der Waals surface area contributed by atoms with Crippen LogP contribution in [0.3, 0.4) is 0 Å². The van der Waals surface area contributed by atoms with E-state index >= 15 is 0 Å². The maximum Gasteiger partial charge on any atom is 0.350 e. The molecule has 1 unspecified atom stereocenters. The summed E-state index contributed by atoms with van der Waals surface area (Å²) in [5.41, 5.74) is 0.906. The van der Waals surface area contributed by atoms with Gasteiger partial charge in [-0.05, 0) is 16.9 Å². The Balaban J connectivity index is 2.22. The van der Waals surface area contributed by atoms with E-state index in [2.05, 4.69) is 4.85 Å². The maximum atomic E-state index is 10.6. The minimum absolute atomic E-state index is 0.906. The first-order valence-corrected chi connectivity index (χ1v) is 4.08. The quantitative estimate of drug-likeness (QED) is 0.568. The van der Waals surface area contributed by atoms with Gasteiger partial charge in [0.1, 0.15) is 5.69 Å². The van der Waals surface area contributed by atoms with Crippen LogP contribution in [-0.4, -0.2) is 0 Å². The molecule has 0 aliphatic carbocycles. The zero-order valence-corrected chi connectivity index (χ0v) is 6.03. The van der Waals surface area contributed by atoms with Crippen molar-refractivity contribution in [2.24, 2.45) is 4.85 Å². The standard InChI is InChI=1S/C6H5N2OP/c9-10-7-8(10)6-4-2-1-3-5-6/h1-5H. The third kappa shape index (κ3) is 0.897. The normalized spacial score (nSPS) is 18.5. The molecule has 0 aromatic heterocycles. The number of para-hydroxylation sites is 1. The minimum atomic E-state index is -1.40. The molecule has 4 heteroatoms. The van der Waals surface area contributed by atoms with E-state index in [-0.39, 0.29) is 0 Å². The molecule has 2 rings (SSSR count). The first-order valence-electron chi connectivity index (χ1n) is 2.92. The molecule has 0 bridgehead atoms. The van der Waals surface area contributed by atoms with E-state index in [1.54, 1.807) is 0 Å². The molecule has 0 amide bonds. The van der Waals surface area contributed by atoms with E-state index in [9.17, 15) is 4.89 Å². The van der Waals surface area contributed by atoms with E-state index in [0.717, 1.165) is 5.69 Å². The van der Waals surface area contributed by atoms with Crippen molar-refractivity contribution in [2.45, 2.75) is 0 Å². The van der Waals surface area contributed by atoms with Gasteiger partial charge in [0, 0.05) is 0 Å². The van der Waals surface area contributed by atoms with Crippen molar-refractivity contribution in [1.82, 2.24) is 0 Å². The summed E-state index contributed by atoms with van der Waals surface area (Å²) in [5, 5.41) is 0. The first-order chi connectivity index (χ1) is 4.88. The summed E-state index contributed by atoms with van der Waals surface area (Å²) in [6.45, 7) is 0. The molecule has 50 valence electrons. The smallest absolute Gasteiger partial charge is 0.350 e. The highest BCUT2D eigenvalue weighted by Crippen LogP contribution is 2.43. The Bertz CT molecular complexity index is 272. The van der Waals surface area contributed by atoms with Crippen molar-refractivity contribution in [1.29, 1.82) is 0 Å². The van der Waals surface area contributed by atoms with Gasteiger partial charge in [0.15, 0.2) is 0 Å². The van der Waals surface area contributed by atoms with Crippen molar-refractivity contribution in [3.05, 3.63) is 30.3 Å². The largest absolute Gasteiger partial charge is 0.587 e. The fourth-order valence-corrected chi connectivity index (χ4v) is 1.41. The lowest BCUT2D eigenvalue weighted by atomic mass is 10.3. The van der Waals surface area contributed by atoms with E-state index in [0.29, 0.717) is 0 Å². The predicted octanol–water partition coefficient (Wildman–Crippen LogP) is 1.28. The summed E-state index contributed by atoms with van der Waals surface area (Å²) < 4.78 is 1.51. The number of rotatable bonds is 1. The van der Waals surface area contributed by atoms with Crippen LogP contribution in [0, 0.1) is 0 Å². The summed E-state index contributed by atoms with van der Waals surface area (Å²) in [6.07, 6.45) is 0. The molecule has 1 aromatic carbocycles. The molecule has 0 radical (unpaired) electrons. The fourth-order valence-electron chi connectivity index (χ4n) is 0.766. The van der Waals surface area contributed by atoms with Gasteiger partial charge in [-0.15, -0.1) is 0 Å². The molecule has 3 nitrogen and oxygen atoms in total. The van der Waals surface area contributed by atoms with Gasteiger partial charge in [0.2, 0.25) is 0 Å². The second kappa shape index (κ2) is 2.04. The Morgan fingerprint density at radius 3 is 2.40 bits per heavy atom. The first kappa shape index (κ1) is 5.83. The third-order valence-electron chi connectivity index (χ3n) is 1.28. The van der Waals surface area contributed by atoms with Crippen LogP contribution in [0.1, 0.15) is 0 Å². The molecule has 1 aliphatic rings. The minimum Gasteiger partial charge on any atom is -0.587 e. The number of anilines is 1. The molecule has 0 saturated carbocycles. The summed E-state index contributed by atoms with van der Waals surface area (Å²) in [5.74, 6) is 0. The van der Waals surface area contributed by atoms with Crippen LogP contribution >= 0.6 is 8.09 Å². The van der Waals surface area contributed by atoms with E-state index in [1.165, 1.54) is 4.78 Å². The van der Waals surface area contributed by atoms with Crippen LogP contribution in [0.5, 0.6) is 0 Å². The van der Waals surface area contributed by atoms with Gasteiger partial charge < -0.3 is 4.89 Å². The monoisotopic (exact) mass is 152 g/mol. The molecule has 10 heavy (non-hydrogen) atoms. The molecular formula is C6H5N2OP. The molecule has 1 aromatic rings. The molecule has 0 N–H and O–H groups in total. The lowest BCUT2D eigenvalue weighted by Gasteiger charge is -1.90. The maximum absolute atomic E-state index is 10.6. The molecule has 1 heterocycles. The highest BCUT2D eigenvalue weighted by atomic mass is 31.1. The summed E-state index contributed by atoms with van der Waals surface area (Å²) >= 11 is 0. The fraction of sp³-hybridized carbons (Fsp3) is 0. The summed E-state index contributed by atoms with van der Waals surface area (Å²) in [6, 6.07) is 9.46. The lowest BCUT2D eigenvalue weighted by molar-refractivity contribution is -0.150. The van der Waals surface area contributed by atoms with Crippen molar-refractivity contribution < 1.29 is 4.89 Å². The second-order valence-corrected chi connectivity index (χ2v) is 3.03. The number of nitrogens with zero attached hydrogens (tertiary/aromatic N) is 2. The van der Waals surface area contributed by atoms with Gasteiger partial charge in [-0.25, -0.2) is 0 Å². The Kier molecular flexibility index (Phi) is 1.19. The highest BCUT2D eigenvalue weighted by Gasteiger charge is 2.32. The van der Waals surface area contributed by atoms with Crippen LogP contribution in [0.25, 0.3) is 0 Å². The summed E-state index contributed by atoms with van der Waals surface area (Å²) in [4.78, 5) is 14.3. The van der Waals surface area contributed by atoms with Gasteiger partial charge >= 0.3 is 8.09 Å². The Morgan fingerprint density at radius 1 is 1.30 bits per heavy atom. The molecule has 0 fully saturated rings. The van der Waals surface area contributed by atoms with Gasteiger partial charge in [0.05, 0.1) is 4.85 Å². The molecule has 1 atom stereocenters. The predicted molar refractivity (Wildman–Crippen MR) is 38.3 cm³/mol. The van der Waals surface area contributed by atoms with Crippen LogP contribution < -0.4 is 9.67 Å². The zero-order chi connectivity index (χ0) is 6.97. The molecule has 0 saturated heterocycles.